The lowest BCUT2D eigenvalue weighted by Gasteiger charge is -2.23. The molecule has 1 aliphatic carbocycles. The van der Waals surface area contributed by atoms with Gasteiger partial charge in [-0.15, -0.1) is 23.7 Å². The number of halogens is 1. The van der Waals surface area contributed by atoms with Crippen LogP contribution in [0.25, 0.3) is 0 Å². The second kappa shape index (κ2) is 7.07. The number of aromatic nitrogens is 1. The molecule has 4 rings (SSSR count). The second-order valence-corrected chi connectivity index (χ2v) is 7.02. The molecule has 2 aromatic rings. The van der Waals surface area contributed by atoms with E-state index in [1.807, 2.05) is 13.0 Å². The summed E-state index contributed by atoms with van der Waals surface area (Å²) in [4.78, 5) is 4.54. The Bertz CT molecular complexity index is 672. The highest BCUT2D eigenvalue weighted by molar-refractivity contribution is 7.09. The highest BCUT2D eigenvalue weighted by Crippen LogP contribution is 2.43. The Kier molecular flexibility index (Phi) is 5.09. The van der Waals surface area contributed by atoms with Crippen LogP contribution in [0.5, 0.6) is 11.5 Å². The van der Waals surface area contributed by atoms with Crippen molar-refractivity contribution in [1.29, 1.82) is 0 Å². The van der Waals surface area contributed by atoms with E-state index in [1.165, 1.54) is 18.4 Å². The summed E-state index contributed by atoms with van der Waals surface area (Å²) in [6.45, 7) is 4.14. The molecule has 1 unspecified atom stereocenters. The molecular formula is C17H21ClN2O2S. The minimum absolute atomic E-state index is 0. The highest BCUT2D eigenvalue weighted by atomic mass is 35.5. The van der Waals surface area contributed by atoms with Crippen molar-refractivity contribution < 1.29 is 9.47 Å². The second-order valence-electron chi connectivity index (χ2n) is 5.96. The van der Waals surface area contributed by atoms with Gasteiger partial charge < -0.3 is 14.8 Å². The summed E-state index contributed by atoms with van der Waals surface area (Å²) in [6, 6.07) is 6.71. The number of ether oxygens (including phenoxy) is 2. The number of nitrogens with one attached hydrogen (secondary N) is 1. The Morgan fingerprint density at radius 2 is 2.04 bits per heavy atom. The minimum atomic E-state index is 0. The quantitative estimate of drug-likeness (QED) is 0.886. The predicted molar refractivity (Wildman–Crippen MR) is 93.8 cm³/mol. The van der Waals surface area contributed by atoms with Crippen molar-refractivity contribution in [3.63, 3.8) is 0 Å². The number of nitrogens with zero attached hydrogens (tertiary/aromatic N) is 1. The molecule has 124 valence electrons. The van der Waals surface area contributed by atoms with Crippen LogP contribution < -0.4 is 14.8 Å². The van der Waals surface area contributed by atoms with E-state index in [2.05, 4.69) is 27.8 Å². The fraction of sp³-hybridized carbons (Fsp3) is 0.471. The van der Waals surface area contributed by atoms with Crippen molar-refractivity contribution >= 4 is 23.7 Å². The average Bonchev–Trinajstić information content (AvgIpc) is 3.29. The molecule has 1 aliphatic heterocycles. The molecule has 0 saturated heterocycles. The minimum Gasteiger partial charge on any atom is -0.486 e. The lowest BCUT2D eigenvalue weighted by atomic mass is 10.0. The zero-order valence-electron chi connectivity index (χ0n) is 13.1. The zero-order chi connectivity index (χ0) is 14.9. The molecule has 1 aromatic heterocycles. The van der Waals surface area contributed by atoms with Crippen LogP contribution in [0.2, 0.25) is 0 Å². The molecule has 0 radical (unpaired) electrons. The maximum Gasteiger partial charge on any atom is 0.161 e. The smallest absolute Gasteiger partial charge is 0.161 e. The number of hydrogen-bond donors (Lipinski definition) is 1. The van der Waals surface area contributed by atoms with Gasteiger partial charge in [0.05, 0.1) is 10.7 Å². The molecule has 2 heterocycles. The molecule has 2 aliphatic rings. The third-order valence-electron chi connectivity index (χ3n) is 4.19. The van der Waals surface area contributed by atoms with Crippen molar-refractivity contribution in [2.75, 3.05) is 13.2 Å². The van der Waals surface area contributed by atoms with Gasteiger partial charge in [-0.1, -0.05) is 6.07 Å². The normalized spacial score (nSPS) is 17.4. The van der Waals surface area contributed by atoms with E-state index in [9.17, 15) is 0 Å². The molecule has 0 bridgehead atoms. The summed E-state index contributed by atoms with van der Waals surface area (Å²) >= 11 is 1.71. The Balaban J connectivity index is 0.00000156. The summed E-state index contributed by atoms with van der Waals surface area (Å²) in [6.07, 6.45) is 2.59. The molecular weight excluding hydrogens is 332 g/mol. The lowest BCUT2D eigenvalue weighted by Crippen LogP contribution is -2.23. The van der Waals surface area contributed by atoms with Crippen LogP contribution in [0.15, 0.2) is 23.6 Å². The molecule has 23 heavy (non-hydrogen) atoms. The number of thiazole rings is 1. The van der Waals surface area contributed by atoms with Crippen LogP contribution in [-0.4, -0.2) is 18.2 Å². The largest absolute Gasteiger partial charge is 0.486 e. The standard InChI is InChI=1S/C17H20N2O2S.ClH/c1-11-19-14(10-22-11)9-18-17(12-2-3-12)13-4-5-15-16(8-13)21-7-6-20-15;/h4-5,8,10,12,17-18H,2-3,6-7,9H2,1H3;1H. The van der Waals surface area contributed by atoms with Gasteiger partial charge in [-0.25, -0.2) is 4.98 Å². The van der Waals surface area contributed by atoms with Gasteiger partial charge in [-0.05, 0) is 43.4 Å². The molecule has 1 atom stereocenters. The Morgan fingerprint density at radius 3 is 2.74 bits per heavy atom. The number of aryl methyl sites for hydroxylation is 1. The first kappa shape index (κ1) is 16.6. The van der Waals surface area contributed by atoms with Crippen LogP contribution in [0.1, 0.15) is 35.1 Å². The van der Waals surface area contributed by atoms with Gasteiger partial charge in [0.2, 0.25) is 0 Å². The molecule has 0 spiro atoms. The Labute approximate surface area is 146 Å². The SMILES string of the molecule is Cc1nc(CNC(c2ccc3c(c2)OCCO3)C2CC2)cs1.Cl. The van der Waals surface area contributed by atoms with E-state index in [1.54, 1.807) is 11.3 Å². The number of benzene rings is 1. The first-order chi connectivity index (χ1) is 10.8. The molecule has 1 N–H and O–H groups in total. The Hall–Kier alpha value is -1.30. The monoisotopic (exact) mass is 352 g/mol. The van der Waals surface area contributed by atoms with Crippen LogP contribution in [0.3, 0.4) is 0 Å². The van der Waals surface area contributed by atoms with Crippen LogP contribution in [0, 0.1) is 12.8 Å². The Morgan fingerprint density at radius 1 is 1.26 bits per heavy atom. The summed E-state index contributed by atoms with van der Waals surface area (Å²) in [5.41, 5.74) is 2.42. The molecule has 1 saturated carbocycles. The van der Waals surface area contributed by atoms with E-state index in [4.69, 9.17) is 9.47 Å². The summed E-state index contributed by atoms with van der Waals surface area (Å²) < 4.78 is 11.3. The van der Waals surface area contributed by atoms with Gasteiger partial charge in [0.25, 0.3) is 0 Å². The van der Waals surface area contributed by atoms with Crippen molar-refractivity contribution in [3.05, 3.63) is 39.8 Å². The van der Waals surface area contributed by atoms with Crippen molar-refractivity contribution in [2.24, 2.45) is 5.92 Å². The number of hydrogen-bond acceptors (Lipinski definition) is 5. The fourth-order valence-corrected chi connectivity index (χ4v) is 3.56. The van der Waals surface area contributed by atoms with E-state index >= 15 is 0 Å². The summed E-state index contributed by atoms with van der Waals surface area (Å²) in [5, 5.41) is 6.94. The van der Waals surface area contributed by atoms with Gasteiger partial charge in [0.15, 0.2) is 11.5 Å². The van der Waals surface area contributed by atoms with Crippen LogP contribution in [-0.2, 0) is 6.54 Å². The third-order valence-corrected chi connectivity index (χ3v) is 5.01. The topological polar surface area (TPSA) is 43.4 Å². The maximum absolute atomic E-state index is 5.72. The van der Waals surface area contributed by atoms with Crippen molar-refractivity contribution in [1.82, 2.24) is 10.3 Å². The van der Waals surface area contributed by atoms with E-state index in [0.29, 0.717) is 19.3 Å². The predicted octanol–water partition coefficient (Wildman–Crippen LogP) is 3.89. The van der Waals surface area contributed by atoms with E-state index in [0.717, 1.165) is 34.7 Å². The first-order valence-electron chi connectivity index (χ1n) is 7.83. The van der Waals surface area contributed by atoms with Gasteiger partial charge in [0.1, 0.15) is 13.2 Å². The average molecular weight is 353 g/mol. The lowest BCUT2D eigenvalue weighted by molar-refractivity contribution is 0.171. The summed E-state index contributed by atoms with van der Waals surface area (Å²) in [7, 11) is 0. The van der Waals surface area contributed by atoms with Crippen LogP contribution in [0.4, 0.5) is 0 Å². The van der Waals surface area contributed by atoms with Gasteiger partial charge in [0, 0.05) is 18.0 Å². The molecule has 6 heteroatoms. The number of fused-ring (bicyclic) bond motifs is 1. The van der Waals surface area contributed by atoms with E-state index in [-0.39, 0.29) is 12.4 Å². The van der Waals surface area contributed by atoms with Crippen molar-refractivity contribution in [2.45, 2.75) is 32.4 Å². The van der Waals surface area contributed by atoms with Gasteiger partial charge in [-0.2, -0.15) is 0 Å². The first-order valence-corrected chi connectivity index (χ1v) is 8.71. The molecule has 1 aromatic carbocycles. The van der Waals surface area contributed by atoms with E-state index < -0.39 is 0 Å². The zero-order valence-corrected chi connectivity index (χ0v) is 14.7. The summed E-state index contributed by atoms with van der Waals surface area (Å²) in [5.74, 6) is 2.46. The molecule has 1 fully saturated rings. The fourth-order valence-electron chi connectivity index (χ4n) is 2.94. The highest BCUT2D eigenvalue weighted by Gasteiger charge is 2.32. The number of rotatable bonds is 5. The van der Waals surface area contributed by atoms with Crippen molar-refractivity contribution in [3.8, 4) is 11.5 Å². The maximum atomic E-state index is 5.72. The van der Waals surface area contributed by atoms with Gasteiger partial charge >= 0.3 is 0 Å². The van der Waals surface area contributed by atoms with Gasteiger partial charge in [-0.3, -0.25) is 0 Å². The van der Waals surface area contributed by atoms with Crippen LogP contribution >= 0.6 is 23.7 Å². The molecule has 4 nitrogen and oxygen atoms in total. The third kappa shape index (κ3) is 3.79. The molecule has 0 amide bonds.